The molecule has 6 heteroatoms. The second-order valence-electron chi connectivity index (χ2n) is 3.50. The van der Waals surface area contributed by atoms with E-state index < -0.39 is 4.92 Å². The molecule has 18 heavy (non-hydrogen) atoms. The molecule has 0 saturated heterocycles. The molecule has 0 atom stereocenters. The van der Waals surface area contributed by atoms with Gasteiger partial charge in [-0.25, -0.2) is 0 Å². The van der Waals surface area contributed by atoms with Crippen molar-refractivity contribution < 1.29 is 9.72 Å². The van der Waals surface area contributed by atoms with Crippen molar-refractivity contribution in [3.05, 3.63) is 64.5 Å². The number of anilines is 1. The van der Waals surface area contributed by atoms with Crippen molar-refractivity contribution in [1.82, 2.24) is 4.98 Å². The molecule has 2 aromatic rings. The van der Waals surface area contributed by atoms with Crippen molar-refractivity contribution in [2.75, 3.05) is 5.32 Å². The minimum Gasteiger partial charge on any atom is -0.322 e. The number of carbonyl (C=O) groups excluding carboxylic acids is 1. The molecule has 0 aliphatic carbocycles. The number of aromatic nitrogens is 1. The number of hydrogen-bond acceptors (Lipinski definition) is 4. The summed E-state index contributed by atoms with van der Waals surface area (Å²) < 4.78 is 0. The van der Waals surface area contributed by atoms with Crippen LogP contribution in [0.15, 0.2) is 48.8 Å². The summed E-state index contributed by atoms with van der Waals surface area (Å²) in [5.74, 6) is -0.358. The third kappa shape index (κ3) is 2.67. The van der Waals surface area contributed by atoms with Crippen LogP contribution in [0.4, 0.5) is 11.4 Å². The zero-order chi connectivity index (χ0) is 13.0. The van der Waals surface area contributed by atoms with Gasteiger partial charge in [-0.05, 0) is 18.2 Å². The molecule has 0 radical (unpaired) electrons. The molecular formula is C12H9N3O3. The molecule has 90 valence electrons. The first kappa shape index (κ1) is 11.7. The summed E-state index contributed by atoms with van der Waals surface area (Å²) in [6.07, 6.45) is 2.98. The smallest absolute Gasteiger partial charge is 0.271 e. The van der Waals surface area contributed by atoms with Crippen LogP contribution < -0.4 is 5.32 Å². The number of nitro benzene ring substituents is 1. The Bertz CT molecular complexity index is 584. The number of pyridine rings is 1. The van der Waals surface area contributed by atoms with Gasteiger partial charge in [0, 0.05) is 30.2 Å². The molecule has 1 aromatic heterocycles. The van der Waals surface area contributed by atoms with E-state index in [9.17, 15) is 14.9 Å². The number of benzene rings is 1. The molecule has 6 nitrogen and oxygen atoms in total. The Morgan fingerprint density at radius 2 is 2.11 bits per heavy atom. The Morgan fingerprint density at radius 3 is 2.78 bits per heavy atom. The lowest BCUT2D eigenvalue weighted by molar-refractivity contribution is -0.384. The molecule has 0 bridgehead atoms. The minimum atomic E-state index is -0.514. The summed E-state index contributed by atoms with van der Waals surface area (Å²) in [6, 6.07) is 9.01. The van der Waals surface area contributed by atoms with E-state index in [0.29, 0.717) is 11.3 Å². The number of nitrogens with one attached hydrogen (secondary N) is 1. The molecule has 1 N–H and O–H groups in total. The number of non-ortho nitro benzene ring substituents is 1. The highest BCUT2D eigenvalue weighted by molar-refractivity contribution is 6.04. The van der Waals surface area contributed by atoms with Gasteiger partial charge in [0.25, 0.3) is 11.6 Å². The quantitative estimate of drug-likeness (QED) is 0.661. The number of amides is 1. The van der Waals surface area contributed by atoms with Gasteiger partial charge in [-0.15, -0.1) is 0 Å². The van der Waals surface area contributed by atoms with Crippen LogP contribution in [0.1, 0.15) is 10.4 Å². The second-order valence-corrected chi connectivity index (χ2v) is 3.50. The van der Waals surface area contributed by atoms with Crippen molar-refractivity contribution >= 4 is 17.3 Å². The maximum atomic E-state index is 11.8. The highest BCUT2D eigenvalue weighted by atomic mass is 16.6. The number of nitrogens with zero attached hydrogens (tertiary/aromatic N) is 2. The molecule has 0 spiro atoms. The second kappa shape index (κ2) is 5.05. The zero-order valence-electron chi connectivity index (χ0n) is 9.24. The SMILES string of the molecule is O=C(Nc1cccc([N+](=O)[O-])c1)c1cccnc1. The van der Waals surface area contributed by atoms with Gasteiger partial charge in [0.05, 0.1) is 10.5 Å². The third-order valence-corrected chi connectivity index (χ3v) is 2.24. The largest absolute Gasteiger partial charge is 0.322 e. The number of nitro groups is 1. The lowest BCUT2D eigenvalue weighted by Gasteiger charge is -2.04. The van der Waals surface area contributed by atoms with E-state index in [0.717, 1.165) is 0 Å². The predicted octanol–water partition coefficient (Wildman–Crippen LogP) is 2.24. The molecule has 1 amide bonds. The summed E-state index contributed by atoms with van der Waals surface area (Å²) >= 11 is 0. The van der Waals surface area contributed by atoms with E-state index in [4.69, 9.17) is 0 Å². The van der Waals surface area contributed by atoms with Crippen molar-refractivity contribution in [3.63, 3.8) is 0 Å². The van der Waals surface area contributed by atoms with Crippen LogP contribution in [-0.2, 0) is 0 Å². The Labute approximate surface area is 102 Å². The zero-order valence-corrected chi connectivity index (χ0v) is 9.24. The average molecular weight is 243 g/mol. The van der Waals surface area contributed by atoms with Crippen LogP contribution in [0, 0.1) is 10.1 Å². The fourth-order valence-corrected chi connectivity index (χ4v) is 1.40. The lowest BCUT2D eigenvalue weighted by atomic mass is 10.2. The third-order valence-electron chi connectivity index (χ3n) is 2.24. The average Bonchev–Trinajstić information content (AvgIpc) is 2.40. The first-order valence-electron chi connectivity index (χ1n) is 5.12. The molecule has 1 heterocycles. The van der Waals surface area contributed by atoms with Gasteiger partial charge in [-0.2, -0.15) is 0 Å². The first-order chi connectivity index (χ1) is 8.66. The summed E-state index contributed by atoms with van der Waals surface area (Å²) in [5, 5.41) is 13.2. The maximum Gasteiger partial charge on any atom is 0.271 e. The van der Waals surface area contributed by atoms with E-state index in [1.54, 1.807) is 24.4 Å². The van der Waals surface area contributed by atoms with E-state index in [2.05, 4.69) is 10.3 Å². The van der Waals surface area contributed by atoms with E-state index in [1.807, 2.05) is 0 Å². The van der Waals surface area contributed by atoms with Gasteiger partial charge in [-0.3, -0.25) is 19.9 Å². The van der Waals surface area contributed by atoms with Crippen molar-refractivity contribution in [2.45, 2.75) is 0 Å². The molecule has 0 saturated carbocycles. The summed E-state index contributed by atoms with van der Waals surface area (Å²) in [4.78, 5) is 25.7. The maximum absolute atomic E-state index is 11.8. The van der Waals surface area contributed by atoms with Crippen molar-refractivity contribution in [1.29, 1.82) is 0 Å². The van der Waals surface area contributed by atoms with Gasteiger partial charge in [0.1, 0.15) is 0 Å². The molecule has 1 aromatic carbocycles. The number of rotatable bonds is 3. The molecular weight excluding hydrogens is 234 g/mol. The normalized spacial score (nSPS) is 9.78. The molecule has 2 rings (SSSR count). The van der Waals surface area contributed by atoms with Gasteiger partial charge in [0.2, 0.25) is 0 Å². The van der Waals surface area contributed by atoms with Gasteiger partial charge < -0.3 is 5.32 Å². The van der Waals surface area contributed by atoms with E-state index >= 15 is 0 Å². The fraction of sp³-hybridized carbons (Fsp3) is 0. The van der Waals surface area contributed by atoms with Crippen LogP contribution in [-0.4, -0.2) is 15.8 Å². The van der Waals surface area contributed by atoms with Crippen LogP contribution in [0.3, 0.4) is 0 Å². The number of carbonyl (C=O) groups is 1. The standard InChI is InChI=1S/C12H9N3O3/c16-12(9-3-2-6-13-8-9)14-10-4-1-5-11(7-10)15(17)18/h1-8H,(H,14,16). The number of hydrogen-bond donors (Lipinski definition) is 1. The van der Waals surface area contributed by atoms with Gasteiger partial charge >= 0.3 is 0 Å². The highest BCUT2D eigenvalue weighted by Crippen LogP contribution is 2.17. The summed E-state index contributed by atoms with van der Waals surface area (Å²) in [6.45, 7) is 0. The van der Waals surface area contributed by atoms with Crippen molar-refractivity contribution in [3.8, 4) is 0 Å². The van der Waals surface area contributed by atoms with Crippen molar-refractivity contribution in [2.24, 2.45) is 0 Å². The highest BCUT2D eigenvalue weighted by Gasteiger charge is 2.09. The first-order valence-corrected chi connectivity index (χ1v) is 5.12. The monoisotopic (exact) mass is 243 g/mol. The van der Waals surface area contributed by atoms with Crippen LogP contribution in [0.25, 0.3) is 0 Å². The Balaban J connectivity index is 2.17. The summed E-state index contributed by atoms with van der Waals surface area (Å²) in [7, 11) is 0. The molecule has 0 aliphatic heterocycles. The van der Waals surface area contributed by atoms with Crippen LogP contribution in [0.5, 0.6) is 0 Å². The minimum absolute atomic E-state index is 0.0704. The fourth-order valence-electron chi connectivity index (χ4n) is 1.40. The van der Waals surface area contributed by atoms with Crippen LogP contribution in [0.2, 0.25) is 0 Å². The van der Waals surface area contributed by atoms with Crippen LogP contribution >= 0.6 is 0 Å². The molecule has 0 aliphatic rings. The van der Waals surface area contributed by atoms with E-state index in [-0.39, 0.29) is 11.6 Å². The van der Waals surface area contributed by atoms with Gasteiger partial charge in [-0.1, -0.05) is 6.07 Å². The topological polar surface area (TPSA) is 85.1 Å². The van der Waals surface area contributed by atoms with E-state index in [1.165, 1.54) is 24.4 Å². The molecule has 0 unspecified atom stereocenters. The summed E-state index contributed by atoms with van der Waals surface area (Å²) in [5.41, 5.74) is 0.695. The predicted molar refractivity (Wildman–Crippen MR) is 65.3 cm³/mol. The van der Waals surface area contributed by atoms with Gasteiger partial charge in [0.15, 0.2) is 0 Å². The Morgan fingerprint density at radius 1 is 1.28 bits per heavy atom. The lowest BCUT2D eigenvalue weighted by Crippen LogP contribution is -2.12. The Kier molecular flexibility index (Phi) is 3.29. The molecule has 0 fully saturated rings. The Hall–Kier alpha value is -2.76.